The van der Waals surface area contributed by atoms with Gasteiger partial charge >= 0.3 is 0 Å². The highest BCUT2D eigenvalue weighted by atomic mass is 35.5. The van der Waals surface area contributed by atoms with Crippen molar-refractivity contribution in [2.24, 2.45) is 0 Å². The van der Waals surface area contributed by atoms with Gasteiger partial charge in [-0.25, -0.2) is 4.39 Å². The Labute approximate surface area is 121 Å². The van der Waals surface area contributed by atoms with Crippen molar-refractivity contribution in [2.45, 2.75) is 12.5 Å². The number of aliphatic hydroxyl groups is 1. The second-order valence-electron chi connectivity index (χ2n) is 4.33. The molecule has 0 bridgehead atoms. The fourth-order valence-corrected chi connectivity index (χ4v) is 1.85. The van der Waals surface area contributed by atoms with E-state index in [1.165, 1.54) is 24.3 Å². The maximum Gasteiger partial charge on any atom is 0.227 e. The molecule has 5 heteroatoms. The molecular formula is C15H13ClFNO2. The first kappa shape index (κ1) is 14.5. The summed E-state index contributed by atoms with van der Waals surface area (Å²) >= 11 is 5.75. The van der Waals surface area contributed by atoms with Gasteiger partial charge in [0.2, 0.25) is 5.91 Å². The molecule has 0 radical (unpaired) electrons. The monoisotopic (exact) mass is 293 g/mol. The van der Waals surface area contributed by atoms with Crippen LogP contribution in [0.15, 0.2) is 48.5 Å². The van der Waals surface area contributed by atoms with E-state index in [9.17, 15) is 14.3 Å². The van der Waals surface area contributed by atoms with Crippen LogP contribution in [0, 0.1) is 5.82 Å². The highest BCUT2D eigenvalue weighted by Crippen LogP contribution is 2.20. The van der Waals surface area contributed by atoms with E-state index in [2.05, 4.69) is 5.32 Å². The Morgan fingerprint density at radius 1 is 1.15 bits per heavy atom. The first-order chi connectivity index (χ1) is 9.54. The molecule has 1 atom stereocenters. The van der Waals surface area contributed by atoms with Crippen LogP contribution in [0.3, 0.4) is 0 Å². The summed E-state index contributed by atoms with van der Waals surface area (Å²) in [7, 11) is 0. The molecule has 2 aromatic carbocycles. The molecule has 104 valence electrons. The zero-order chi connectivity index (χ0) is 14.5. The average molecular weight is 294 g/mol. The molecule has 0 aliphatic carbocycles. The molecule has 1 amide bonds. The van der Waals surface area contributed by atoms with Crippen LogP contribution < -0.4 is 5.32 Å². The van der Waals surface area contributed by atoms with E-state index >= 15 is 0 Å². The number of benzene rings is 2. The minimum atomic E-state index is -0.910. The van der Waals surface area contributed by atoms with Gasteiger partial charge in [-0.1, -0.05) is 23.7 Å². The zero-order valence-corrected chi connectivity index (χ0v) is 11.3. The first-order valence-electron chi connectivity index (χ1n) is 6.03. The van der Waals surface area contributed by atoms with Gasteiger partial charge in [-0.05, 0) is 42.0 Å². The van der Waals surface area contributed by atoms with Gasteiger partial charge in [0, 0.05) is 10.7 Å². The summed E-state index contributed by atoms with van der Waals surface area (Å²) in [5, 5.41) is 13.1. The van der Waals surface area contributed by atoms with E-state index in [1.807, 2.05) is 0 Å². The quantitative estimate of drug-likeness (QED) is 0.906. The normalized spacial score (nSPS) is 11.9. The SMILES string of the molecule is O=C(CC(O)c1ccc(Cl)cc1)Nc1ccc(F)cc1. The molecule has 0 saturated heterocycles. The largest absolute Gasteiger partial charge is 0.388 e. The average Bonchev–Trinajstić information content (AvgIpc) is 2.42. The number of anilines is 1. The predicted octanol–water partition coefficient (Wildman–Crippen LogP) is 3.54. The van der Waals surface area contributed by atoms with E-state index in [0.29, 0.717) is 16.3 Å². The van der Waals surface area contributed by atoms with Crippen LogP contribution in [0.5, 0.6) is 0 Å². The van der Waals surface area contributed by atoms with E-state index < -0.39 is 6.10 Å². The highest BCUT2D eigenvalue weighted by molar-refractivity contribution is 6.30. The molecule has 3 nitrogen and oxygen atoms in total. The summed E-state index contributed by atoms with van der Waals surface area (Å²) in [6.45, 7) is 0. The molecule has 20 heavy (non-hydrogen) atoms. The Morgan fingerprint density at radius 3 is 2.35 bits per heavy atom. The van der Waals surface area contributed by atoms with Crippen LogP contribution in [-0.4, -0.2) is 11.0 Å². The molecule has 0 saturated carbocycles. The summed E-state index contributed by atoms with van der Waals surface area (Å²) in [6, 6.07) is 12.1. The van der Waals surface area contributed by atoms with Crippen LogP contribution in [-0.2, 0) is 4.79 Å². The number of hydrogen-bond donors (Lipinski definition) is 2. The van der Waals surface area contributed by atoms with Gasteiger partial charge in [-0.2, -0.15) is 0 Å². The lowest BCUT2D eigenvalue weighted by atomic mass is 10.1. The van der Waals surface area contributed by atoms with Crippen molar-refractivity contribution in [3.8, 4) is 0 Å². The third-order valence-corrected chi connectivity index (χ3v) is 3.01. The molecule has 0 aromatic heterocycles. The molecule has 0 aliphatic heterocycles. The fourth-order valence-electron chi connectivity index (χ4n) is 1.72. The fraction of sp³-hybridized carbons (Fsp3) is 0.133. The lowest BCUT2D eigenvalue weighted by molar-refractivity contribution is -0.118. The second-order valence-corrected chi connectivity index (χ2v) is 4.76. The van der Waals surface area contributed by atoms with Crippen molar-refractivity contribution in [1.82, 2.24) is 0 Å². The van der Waals surface area contributed by atoms with E-state index in [-0.39, 0.29) is 18.1 Å². The summed E-state index contributed by atoms with van der Waals surface area (Å²) in [6.07, 6.45) is -0.994. The van der Waals surface area contributed by atoms with E-state index in [1.54, 1.807) is 24.3 Å². The third kappa shape index (κ3) is 4.05. The van der Waals surface area contributed by atoms with Crippen LogP contribution >= 0.6 is 11.6 Å². The highest BCUT2D eigenvalue weighted by Gasteiger charge is 2.13. The van der Waals surface area contributed by atoms with Crippen LogP contribution in [0.25, 0.3) is 0 Å². The van der Waals surface area contributed by atoms with Crippen molar-refractivity contribution in [2.75, 3.05) is 5.32 Å². The third-order valence-electron chi connectivity index (χ3n) is 2.76. The van der Waals surface area contributed by atoms with Crippen LogP contribution in [0.1, 0.15) is 18.1 Å². The molecule has 0 aliphatic rings. The maximum atomic E-state index is 12.7. The molecule has 0 fully saturated rings. The molecule has 2 aromatic rings. The number of aliphatic hydroxyl groups excluding tert-OH is 1. The number of carbonyl (C=O) groups is 1. The van der Waals surface area contributed by atoms with Gasteiger partial charge in [-0.15, -0.1) is 0 Å². The Balaban J connectivity index is 1.93. The van der Waals surface area contributed by atoms with E-state index in [4.69, 9.17) is 11.6 Å². The van der Waals surface area contributed by atoms with Gasteiger partial charge in [0.05, 0.1) is 12.5 Å². The van der Waals surface area contributed by atoms with Crippen LogP contribution in [0.4, 0.5) is 10.1 Å². The molecule has 1 unspecified atom stereocenters. The summed E-state index contributed by atoms with van der Waals surface area (Å²) < 4.78 is 12.7. The molecular weight excluding hydrogens is 281 g/mol. The number of halogens is 2. The van der Waals surface area contributed by atoms with Crippen molar-refractivity contribution in [3.05, 3.63) is 64.9 Å². The van der Waals surface area contributed by atoms with Crippen molar-refractivity contribution in [1.29, 1.82) is 0 Å². The predicted molar refractivity (Wildman–Crippen MR) is 76.1 cm³/mol. The lowest BCUT2D eigenvalue weighted by Gasteiger charge is -2.11. The standard InChI is InChI=1S/C15H13ClFNO2/c16-11-3-1-10(2-4-11)14(19)9-15(20)18-13-7-5-12(17)6-8-13/h1-8,14,19H,9H2,(H,18,20). The van der Waals surface area contributed by atoms with Crippen molar-refractivity contribution >= 4 is 23.2 Å². The topological polar surface area (TPSA) is 49.3 Å². The number of carbonyl (C=O) groups excluding carboxylic acids is 1. The minimum Gasteiger partial charge on any atom is -0.388 e. The van der Waals surface area contributed by atoms with Gasteiger partial charge in [0.25, 0.3) is 0 Å². The van der Waals surface area contributed by atoms with Crippen molar-refractivity contribution < 1.29 is 14.3 Å². The number of nitrogens with one attached hydrogen (secondary N) is 1. The van der Waals surface area contributed by atoms with Gasteiger partial charge in [0.1, 0.15) is 5.82 Å². The van der Waals surface area contributed by atoms with Gasteiger partial charge in [-0.3, -0.25) is 4.79 Å². The summed E-state index contributed by atoms with van der Waals surface area (Å²) in [4.78, 5) is 11.8. The summed E-state index contributed by atoms with van der Waals surface area (Å²) in [5.41, 5.74) is 1.10. The zero-order valence-electron chi connectivity index (χ0n) is 10.5. The molecule has 2 N–H and O–H groups in total. The second kappa shape index (κ2) is 6.50. The Hall–Kier alpha value is -1.91. The number of amides is 1. The lowest BCUT2D eigenvalue weighted by Crippen LogP contribution is -2.15. The molecule has 0 spiro atoms. The number of rotatable bonds is 4. The summed E-state index contributed by atoms with van der Waals surface area (Å²) in [5.74, 6) is -0.719. The maximum absolute atomic E-state index is 12.7. The van der Waals surface area contributed by atoms with Gasteiger partial charge in [0.15, 0.2) is 0 Å². The molecule has 0 heterocycles. The minimum absolute atomic E-state index is 0.0843. The first-order valence-corrected chi connectivity index (χ1v) is 6.41. The Morgan fingerprint density at radius 2 is 1.75 bits per heavy atom. The Kier molecular flexibility index (Phi) is 4.71. The van der Waals surface area contributed by atoms with Gasteiger partial charge < -0.3 is 10.4 Å². The van der Waals surface area contributed by atoms with Crippen LogP contribution in [0.2, 0.25) is 5.02 Å². The Bertz CT molecular complexity index is 584. The molecule has 2 rings (SSSR count). The van der Waals surface area contributed by atoms with E-state index in [0.717, 1.165) is 0 Å². The smallest absolute Gasteiger partial charge is 0.227 e. The number of hydrogen-bond acceptors (Lipinski definition) is 2. The van der Waals surface area contributed by atoms with Crippen molar-refractivity contribution in [3.63, 3.8) is 0 Å².